The smallest absolute Gasteiger partial charge is 0.231 e. The van der Waals surface area contributed by atoms with Gasteiger partial charge in [-0.3, -0.25) is 0 Å². The SMILES string of the molecule is OC1CCN(c2nc(N3CCC(O)CC3)nc(N3CCC(O)CC3)n2)CC1. The van der Waals surface area contributed by atoms with Gasteiger partial charge in [0.25, 0.3) is 0 Å². The lowest BCUT2D eigenvalue weighted by Gasteiger charge is -2.34. The lowest BCUT2D eigenvalue weighted by Crippen LogP contribution is -2.41. The van der Waals surface area contributed by atoms with Crippen molar-refractivity contribution in [1.29, 1.82) is 0 Å². The molecule has 3 saturated heterocycles. The molecule has 0 atom stereocenters. The number of aromatic nitrogens is 3. The molecule has 0 aromatic carbocycles. The third-order valence-electron chi connectivity index (χ3n) is 5.84. The number of anilines is 3. The molecule has 9 heteroatoms. The molecule has 3 aliphatic rings. The summed E-state index contributed by atoms with van der Waals surface area (Å²) in [4.78, 5) is 20.6. The maximum Gasteiger partial charge on any atom is 0.231 e. The van der Waals surface area contributed by atoms with Gasteiger partial charge < -0.3 is 30.0 Å². The zero-order valence-corrected chi connectivity index (χ0v) is 15.7. The first-order valence-electron chi connectivity index (χ1n) is 10.1. The fourth-order valence-corrected chi connectivity index (χ4v) is 3.97. The van der Waals surface area contributed by atoms with Crippen LogP contribution in [0.2, 0.25) is 0 Å². The van der Waals surface area contributed by atoms with Crippen molar-refractivity contribution in [2.75, 3.05) is 54.0 Å². The van der Waals surface area contributed by atoms with Crippen LogP contribution in [0.15, 0.2) is 0 Å². The molecule has 1 aromatic rings. The van der Waals surface area contributed by atoms with Gasteiger partial charge in [-0.05, 0) is 38.5 Å². The Labute approximate surface area is 159 Å². The summed E-state index contributed by atoms with van der Waals surface area (Å²) < 4.78 is 0. The molecule has 0 spiro atoms. The van der Waals surface area contributed by atoms with Gasteiger partial charge in [0.15, 0.2) is 0 Å². The van der Waals surface area contributed by atoms with Crippen LogP contribution in [0.3, 0.4) is 0 Å². The summed E-state index contributed by atoms with van der Waals surface area (Å²) in [5.74, 6) is 2.00. The maximum absolute atomic E-state index is 9.80. The summed E-state index contributed by atoms with van der Waals surface area (Å²) in [6, 6.07) is 0. The van der Waals surface area contributed by atoms with Gasteiger partial charge in [-0.1, -0.05) is 0 Å². The second-order valence-electron chi connectivity index (χ2n) is 7.89. The Balaban J connectivity index is 1.59. The van der Waals surface area contributed by atoms with E-state index in [4.69, 9.17) is 15.0 Å². The summed E-state index contributed by atoms with van der Waals surface area (Å²) in [5.41, 5.74) is 0. The summed E-state index contributed by atoms with van der Waals surface area (Å²) in [5, 5.41) is 29.4. The minimum atomic E-state index is -0.241. The predicted molar refractivity (Wildman–Crippen MR) is 102 cm³/mol. The fourth-order valence-electron chi connectivity index (χ4n) is 3.97. The molecule has 4 heterocycles. The molecular formula is C18H30N6O3. The standard InChI is InChI=1S/C18H30N6O3/c25-13-1-7-22(8-2-13)16-19-17(23-9-3-14(26)4-10-23)21-18(20-16)24-11-5-15(27)6-12-24/h13-15,25-27H,1-12H2. The number of aliphatic hydroxyl groups is 3. The highest BCUT2D eigenvalue weighted by atomic mass is 16.3. The molecule has 150 valence electrons. The summed E-state index contributed by atoms with van der Waals surface area (Å²) in [6.07, 6.45) is 3.62. The second-order valence-corrected chi connectivity index (χ2v) is 7.89. The normalized spacial score (nSPS) is 23.9. The molecule has 9 nitrogen and oxygen atoms in total. The van der Waals surface area contributed by atoms with E-state index in [9.17, 15) is 15.3 Å². The van der Waals surface area contributed by atoms with Crippen LogP contribution in [0.5, 0.6) is 0 Å². The average Bonchev–Trinajstić information content (AvgIpc) is 2.69. The first kappa shape index (κ1) is 18.6. The first-order valence-corrected chi connectivity index (χ1v) is 10.1. The molecular weight excluding hydrogens is 348 g/mol. The molecule has 27 heavy (non-hydrogen) atoms. The number of hydrogen-bond acceptors (Lipinski definition) is 9. The van der Waals surface area contributed by atoms with Crippen LogP contribution in [0.4, 0.5) is 17.8 Å². The molecule has 3 aliphatic heterocycles. The average molecular weight is 378 g/mol. The second kappa shape index (κ2) is 8.12. The lowest BCUT2D eigenvalue weighted by molar-refractivity contribution is 0.144. The van der Waals surface area contributed by atoms with Crippen molar-refractivity contribution in [1.82, 2.24) is 15.0 Å². The van der Waals surface area contributed by atoms with E-state index in [1.54, 1.807) is 0 Å². The van der Waals surface area contributed by atoms with Gasteiger partial charge in [-0.15, -0.1) is 0 Å². The number of piperidine rings is 3. The molecule has 4 rings (SSSR count). The van der Waals surface area contributed by atoms with E-state index in [2.05, 4.69) is 14.7 Å². The Morgan fingerprint density at radius 3 is 0.926 bits per heavy atom. The number of rotatable bonds is 3. The minimum absolute atomic E-state index is 0.241. The highest BCUT2D eigenvalue weighted by Gasteiger charge is 2.26. The molecule has 1 aromatic heterocycles. The zero-order valence-electron chi connectivity index (χ0n) is 15.7. The Kier molecular flexibility index (Phi) is 5.60. The van der Waals surface area contributed by atoms with Crippen LogP contribution in [0.25, 0.3) is 0 Å². The van der Waals surface area contributed by atoms with E-state index in [1.165, 1.54) is 0 Å². The number of nitrogens with zero attached hydrogens (tertiary/aromatic N) is 6. The Morgan fingerprint density at radius 1 is 0.481 bits per heavy atom. The minimum Gasteiger partial charge on any atom is -0.393 e. The van der Waals surface area contributed by atoms with Crippen LogP contribution >= 0.6 is 0 Å². The fraction of sp³-hybridized carbons (Fsp3) is 0.833. The Morgan fingerprint density at radius 2 is 0.704 bits per heavy atom. The highest BCUT2D eigenvalue weighted by Crippen LogP contribution is 2.25. The molecule has 0 aliphatic carbocycles. The molecule has 0 saturated carbocycles. The maximum atomic E-state index is 9.80. The van der Waals surface area contributed by atoms with Gasteiger partial charge in [0.1, 0.15) is 0 Å². The van der Waals surface area contributed by atoms with Crippen LogP contribution < -0.4 is 14.7 Å². The van der Waals surface area contributed by atoms with Gasteiger partial charge in [0, 0.05) is 39.3 Å². The molecule has 0 unspecified atom stereocenters. The van der Waals surface area contributed by atoms with Crippen molar-refractivity contribution in [2.24, 2.45) is 0 Å². The van der Waals surface area contributed by atoms with E-state index in [0.29, 0.717) is 17.8 Å². The van der Waals surface area contributed by atoms with Crippen molar-refractivity contribution in [3.8, 4) is 0 Å². The molecule has 0 bridgehead atoms. The van der Waals surface area contributed by atoms with Gasteiger partial charge >= 0.3 is 0 Å². The van der Waals surface area contributed by atoms with Gasteiger partial charge in [-0.2, -0.15) is 15.0 Å². The van der Waals surface area contributed by atoms with Crippen molar-refractivity contribution in [3.05, 3.63) is 0 Å². The third-order valence-corrected chi connectivity index (χ3v) is 5.84. The number of hydrogen-bond donors (Lipinski definition) is 3. The first-order chi connectivity index (χ1) is 13.1. The van der Waals surface area contributed by atoms with E-state index >= 15 is 0 Å². The largest absolute Gasteiger partial charge is 0.393 e. The quantitative estimate of drug-likeness (QED) is 0.656. The van der Waals surface area contributed by atoms with Crippen LogP contribution in [0, 0.1) is 0 Å². The summed E-state index contributed by atoms with van der Waals surface area (Å²) >= 11 is 0. The van der Waals surface area contributed by atoms with Crippen LogP contribution in [-0.2, 0) is 0 Å². The van der Waals surface area contributed by atoms with Crippen LogP contribution in [-0.4, -0.2) is 87.9 Å². The molecule has 0 radical (unpaired) electrons. The monoisotopic (exact) mass is 378 g/mol. The van der Waals surface area contributed by atoms with Crippen molar-refractivity contribution in [3.63, 3.8) is 0 Å². The Bertz CT molecular complexity index is 525. The Hall–Kier alpha value is -1.71. The summed E-state index contributed by atoms with van der Waals surface area (Å²) in [6.45, 7) is 4.43. The van der Waals surface area contributed by atoms with Crippen molar-refractivity contribution in [2.45, 2.75) is 56.8 Å². The third kappa shape index (κ3) is 4.41. The highest BCUT2D eigenvalue weighted by molar-refractivity contribution is 5.47. The predicted octanol–water partition coefficient (Wildman–Crippen LogP) is -0.245. The van der Waals surface area contributed by atoms with Gasteiger partial charge in [0.2, 0.25) is 17.8 Å². The zero-order chi connectivity index (χ0) is 18.8. The summed E-state index contributed by atoms with van der Waals surface area (Å²) in [7, 11) is 0. The van der Waals surface area contributed by atoms with E-state index in [0.717, 1.165) is 77.8 Å². The van der Waals surface area contributed by atoms with E-state index in [1.807, 2.05) is 0 Å². The van der Waals surface area contributed by atoms with E-state index in [-0.39, 0.29) is 18.3 Å². The molecule has 0 amide bonds. The lowest BCUT2D eigenvalue weighted by atomic mass is 10.1. The van der Waals surface area contributed by atoms with Gasteiger partial charge in [-0.25, -0.2) is 0 Å². The number of aliphatic hydroxyl groups excluding tert-OH is 3. The molecule has 3 N–H and O–H groups in total. The van der Waals surface area contributed by atoms with Gasteiger partial charge in [0.05, 0.1) is 18.3 Å². The molecule has 3 fully saturated rings. The van der Waals surface area contributed by atoms with E-state index < -0.39 is 0 Å². The van der Waals surface area contributed by atoms with Crippen LogP contribution in [0.1, 0.15) is 38.5 Å². The van der Waals surface area contributed by atoms with Crippen molar-refractivity contribution >= 4 is 17.8 Å². The topological polar surface area (TPSA) is 109 Å². The van der Waals surface area contributed by atoms with Crippen molar-refractivity contribution < 1.29 is 15.3 Å².